The first kappa shape index (κ1) is 20.5. The molecule has 6 nitrogen and oxygen atoms in total. The molecule has 30 heavy (non-hydrogen) atoms. The number of carbonyl (C=O) groups excluding carboxylic acids is 1. The number of thiazole rings is 1. The summed E-state index contributed by atoms with van der Waals surface area (Å²) in [5.74, 6) is -0.394. The van der Waals surface area contributed by atoms with Crippen molar-refractivity contribution in [1.82, 2.24) is 9.29 Å². The zero-order valence-corrected chi connectivity index (χ0v) is 18.3. The summed E-state index contributed by atoms with van der Waals surface area (Å²) in [6, 6.07) is 18.1. The second-order valence-electron chi connectivity index (χ2n) is 6.72. The van der Waals surface area contributed by atoms with Gasteiger partial charge in [-0.15, -0.1) is 0 Å². The summed E-state index contributed by atoms with van der Waals surface area (Å²) in [5.41, 5.74) is 1.11. The van der Waals surface area contributed by atoms with Gasteiger partial charge in [-0.05, 0) is 29.7 Å². The van der Waals surface area contributed by atoms with Gasteiger partial charge in [-0.25, -0.2) is 13.4 Å². The second-order valence-corrected chi connectivity index (χ2v) is 9.69. The lowest BCUT2D eigenvalue weighted by molar-refractivity contribution is 0.102. The highest BCUT2D eigenvalue weighted by Gasteiger charge is 2.22. The van der Waals surface area contributed by atoms with Gasteiger partial charge in [0, 0.05) is 24.0 Å². The number of amides is 1. The van der Waals surface area contributed by atoms with E-state index >= 15 is 0 Å². The van der Waals surface area contributed by atoms with Crippen molar-refractivity contribution in [1.29, 1.82) is 0 Å². The summed E-state index contributed by atoms with van der Waals surface area (Å²) in [4.78, 5) is 17.5. The number of benzene rings is 3. The minimum absolute atomic E-state index is 0.106. The van der Waals surface area contributed by atoms with Crippen molar-refractivity contribution < 1.29 is 13.2 Å². The predicted molar refractivity (Wildman–Crippen MR) is 122 cm³/mol. The van der Waals surface area contributed by atoms with Crippen LogP contribution >= 0.6 is 11.3 Å². The lowest BCUT2D eigenvalue weighted by Gasteiger charge is -2.18. The Hall–Kier alpha value is -2.81. The Morgan fingerprint density at radius 3 is 2.57 bits per heavy atom. The smallest absolute Gasteiger partial charge is 0.257 e. The molecule has 0 radical (unpaired) electrons. The molecule has 0 saturated carbocycles. The average molecular weight is 440 g/mol. The number of nitrogens with one attached hydrogen (secondary N) is 1. The Morgan fingerprint density at radius 1 is 1.03 bits per heavy atom. The summed E-state index contributed by atoms with van der Waals surface area (Å²) in [7, 11) is -3.63. The topological polar surface area (TPSA) is 79.4 Å². The molecule has 1 aromatic heterocycles. The molecule has 0 spiro atoms. The third-order valence-electron chi connectivity index (χ3n) is 4.94. The van der Waals surface area contributed by atoms with Crippen LogP contribution in [-0.4, -0.2) is 36.7 Å². The molecule has 1 amide bonds. The van der Waals surface area contributed by atoms with Crippen molar-refractivity contribution in [2.45, 2.75) is 18.7 Å². The fourth-order valence-corrected chi connectivity index (χ4v) is 5.78. The third-order valence-corrected chi connectivity index (χ3v) is 7.93. The highest BCUT2D eigenvalue weighted by Crippen LogP contribution is 2.32. The van der Waals surface area contributed by atoms with E-state index in [0.29, 0.717) is 18.2 Å². The number of hydrogen-bond acceptors (Lipinski definition) is 5. The van der Waals surface area contributed by atoms with E-state index in [2.05, 4.69) is 10.3 Å². The van der Waals surface area contributed by atoms with E-state index < -0.39 is 15.9 Å². The fraction of sp³-hybridized carbons (Fsp3) is 0.182. The molecule has 0 aliphatic carbocycles. The van der Waals surface area contributed by atoms with Crippen LogP contribution in [0.25, 0.3) is 21.0 Å². The minimum Gasteiger partial charge on any atom is -0.298 e. The molecule has 0 fully saturated rings. The monoisotopic (exact) mass is 439 g/mol. The van der Waals surface area contributed by atoms with Gasteiger partial charge in [-0.2, -0.15) is 4.31 Å². The molecule has 4 aromatic rings. The number of fused-ring (bicyclic) bond motifs is 3. The van der Waals surface area contributed by atoms with Crippen LogP contribution < -0.4 is 5.32 Å². The first-order valence-electron chi connectivity index (χ1n) is 9.64. The molecule has 8 heteroatoms. The van der Waals surface area contributed by atoms with E-state index in [4.69, 9.17) is 0 Å². The van der Waals surface area contributed by atoms with Crippen LogP contribution in [0.3, 0.4) is 0 Å². The molecule has 3 aromatic carbocycles. The van der Waals surface area contributed by atoms with Crippen LogP contribution in [0.4, 0.5) is 5.13 Å². The van der Waals surface area contributed by atoms with E-state index in [1.165, 1.54) is 27.8 Å². The molecule has 0 aliphatic rings. The number of carbonyl (C=O) groups is 1. The van der Waals surface area contributed by atoms with E-state index in [0.717, 1.165) is 21.0 Å². The first-order valence-corrected chi connectivity index (χ1v) is 11.9. The van der Waals surface area contributed by atoms with Crippen LogP contribution in [0.1, 0.15) is 24.2 Å². The molecule has 1 N–H and O–H groups in total. The molecule has 0 atom stereocenters. The predicted octanol–water partition coefficient (Wildman–Crippen LogP) is 4.73. The van der Waals surface area contributed by atoms with E-state index in [1.807, 2.05) is 36.4 Å². The van der Waals surface area contributed by atoms with Gasteiger partial charge in [-0.3, -0.25) is 10.1 Å². The molecule has 0 aliphatic heterocycles. The maximum Gasteiger partial charge on any atom is 0.257 e. The van der Waals surface area contributed by atoms with Crippen LogP contribution in [0.2, 0.25) is 0 Å². The lowest BCUT2D eigenvalue weighted by Crippen LogP contribution is -2.30. The van der Waals surface area contributed by atoms with Gasteiger partial charge in [0.2, 0.25) is 10.0 Å². The highest BCUT2D eigenvalue weighted by atomic mass is 32.2. The Kier molecular flexibility index (Phi) is 5.55. The Balaban J connectivity index is 1.64. The number of anilines is 1. The van der Waals surface area contributed by atoms with Gasteiger partial charge in [0.25, 0.3) is 5.91 Å². The molecular weight excluding hydrogens is 418 g/mol. The average Bonchev–Trinajstić information content (AvgIpc) is 3.17. The van der Waals surface area contributed by atoms with Crippen LogP contribution in [-0.2, 0) is 10.0 Å². The maximum absolute atomic E-state index is 12.8. The van der Waals surface area contributed by atoms with Crippen LogP contribution in [0, 0.1) is 0 Å². The molecule has 154 valence electrons. The van der Waals surface area contributed by atoms with Gasteiger partial charge in [0.15, 0.2) is 5.13 Å². The van der Waals surface area contributed by atoms with Crippen molar-refractivity contribution in [2.24, 2.45) is 0 Å². The number of nitrogens with zero attached hydrogens (tertiary/aromatic N) is 2. The molecule has 4 rings (SSSR count). The number of hydrogen-bond donors (Lipinski definition) is 1. The Bertz CT molecular complexity index is 1340. The van der Waals surface area contributed by atoms with Crippen molar-refractivity contribution in [3.63, 3.8) is 0 Å². The number of rotatable bonds is 6. The maximum atomic E-state index is 12.8. The van der Waals surface area contributed by atoms with Crippen LogP contribution in [0.15, 0.2) is 65.6 Å². The first-order chi connectivity index (χ1) is 14.4. The SMILES string of the molecule is CCN(CC)S(=O)(=O)c1cccc(C(=O)Nc2nc3c(ccc4ccccc43)s2)c1. The normalized spacial score (nSPS) is 12.0. The zero-order chi connectivity index (χ0) is 21.3. The van der Waals surface area contributed by atoms with Crippen molar-refractivity contribution >= 4 is 53.4 Å². The Labute approximate surface area is 179 Å². The fourth-order valence-electron chi connectivity index (χ4n) is 3.39. The summed E-state index contributed by atoms with van der Waals surface area (Å²) >= 11 is 1.39. The minimum atomic E-state index is -3.63. The molecule has 1 heterocycles. The van der Waals surface area contributed by atoms with Gasteiger partial charge in [0.1, 0.15) is 0 Å². The van der Waals surface area contributed by atoms with Crippen molar-refractivity contribution in [3.05, 3.63) is 66.2 Å². The van der Waals surface area contributed by atoms with Crippen LogP contribution in [0.5, 0.6) is 0 Å². The van der Waals surface area contributed by atoms with Gasteiger partial charge >= 0.3 is 0 Å². The standard InChI is InChI=1S/C22H21N3O3S2/c1-3-25(4-2)30(27,28)17-10-7-9-16(14-17)21(26)24-22-23-20-18-11-6-5-8-15(18)12-13-19(20)29-22/h5-14H,3-4H2,1-2H3,(H,23,24,26). The zero-order valence-electron chi connectivity index (χ0n) is 16.6. The highest BCUT2D eigenvalue weighted by molar-refractivity contribution is 7.89. The quantitative estimate of drug-likeness (QED) is 0.471. The lowest BCUT2D eigenvalue weighted by atomic mass is 10.1. The Morgan fingerprint density at radius 2 is 1.80 bits per heavy atom. The summed E-state index contributed by atoms with van der Waals surface area (Å²) in [6.07, 6.45) is 0. The van der Waals surface area contributed by atoms with Gasteiger partial charge in [-0.1, -0.05) is 61.6 Å². The molecule has 0 unspecified atom stereocenters. The summed E-state index contributed by atoms with van der Waals surface area (Å²) in [6.45, 7) is 4.31. The second kappa shape index (κ2) is 8.14. The van der Waals surface area contributed by atoms with Crippen molar-refractivity contribution in [2.75, 3.05) is 18.4 Å². The van der Waals surface area contributed by atoms with E-state index in [1.54, 1.807) is 26.0 Å². The van der Waals surface area contributed by atoms with Gasteiger partial charge in [0.05, 0.1) is 15.1 Å². The number of sulfonamides is 1. The number of aromatic nitrogens is 1. The molecule has 0 bridgehead atoms. The molecule has 0 saturated heterocycles. The summed E-state index contributed by atoms with van der Waals surface area (Å²) in [5, 5.41) is 5.40. The largest absolute Gasteiger partial charge is 0.298 e. The van der Waals surface area contributed by atoms with E-state index in [9.17, 15) is 13.2 Å². The van der Waals surface area contributed by atoms with E-state index in [-0.39, 0.29) is 10.5 Å². The molecular formula is C22H21N3O3S2. The van der Waals surface area contributed by atoms with Crippen molar-refractivity contribution in [3.8, 4) is 0 Å². The third kappa shape index (κ3) is 3.69. The van der Waals surface area contributed by atoms with Gasteiger partial charge < -0.3 is 0 Å². The summed E-state index contributed by atoms with van der Waals surface area (Å²) < 4.78 is 27.8.